The number of aromatic nitrogens is 1. The first kappa shape index (κ1) is 17.4. The molecule has 2 N–H and O–H groups in total. The molecule has 124 valence electrons. The fraction of sp³-hybridized carbons (Fsp3) is 0.722. The largest absolute Gasteiger partial charge is 0.396 e. The first-order valence-corrected chi connectivity index (χ1v) is 8.74. The lowest BCUT2D eigenvalue weighted by molar-refractivity contribution is 0.207. The molecule has 0 bridgehead atoms. The van der Waals surface area contributed by atoms with Gasteiger partial charge in [0.25, 0.3) is 0 Å². The van der Waals surface area contributed by atoms with Gasteiger partial charge in [0, 0.05) is 37.6 Å². The molecule has 1 aromatic rings. The van der Waals surface area contributed by atoms with Crippen molar-refractivity contribution >= 4 is 0 Å². The van der Waals surface area contributed by atoms with Crippen molar-refractivity contribution in [3.63, 3.8) is 0 Å². The summed E-state index contributed by atoms with van der Waals surface area (Å²) in [7, 11) is 0. The standard InChI is InChI=1S/C18H31N3O/c1-16(14-21-10-6-2-3-7-11-21)20-13-17(15-22)12-18-8-4-5-9-19-18/h4-5,8-9,16-17,20,22H,2-3,6-7,10-15H2,1H3/t16-,17-/m1/s1. The highest BCUT2D eigenvalue weighted by molar-refractivity contribution is 5.04. The summed E-state index contributed by atoms with van der Waals surface area (Å²) in [4.78, 5) is 6.93. The van der Waals surface area contributed by atoms with E-state index in [2.05, 4.69) is 22.1 Å². The van der Waals surface area contributed by atoms with Crippen molar-refractivity contribution in [2.24, 2.45) is 5.92 Å². The lowest BCUT2D eigenvalue weighted by Gasteiger charge is -2.26. The number of nitrogens with one attached hydrogen (secondary N) is 1. The minimum absolute atomic E-state index is 0.208. The minimum Gasteiger partial charge on any atom is -0.396 e. The highest BCUT2D eigenvalue weighted by Gasteiger charge is 2.14. The summed E-state index contributed by atoms with van der Waals surface area (Å²) < 4.78 is 0. The van der Waals surface area contributed by atoms with Crippen LogP contribution in [0.15, 0.2) is 24.4 Å². The molecule has 0 saturated carbocycles. The predicted octanol–water partition coefficient (Wildman–Crippen LogP) is 2.09. The zero-order chi connectivity index (χ0) is 15.6. The molecule has 4 nitrogen and oxygen atoms in total. The van der Waals surface area contributed by atoms with Crippen LogP contribution in [0.25, 0.3) is 0 Å². The zero-order valence-corrected chi connectivity index (χ0v) is 13.9. The Kier molecular flexibility index (Phi) is 7.85. The summed E-state index contributed by atoms with van der Waals surface area (Å²) >= 11 is 0. The van der Waals surface area contributed by atoms with Gasteiger partial charge >= 0.3 is 0 Å². The van der Waals surface area contributed by atoms with Crippen molar-refractivity contribution in [1.29, 1.82) is 0 Å². The van der Waals surface area contributed by atoms with Crippen LogP contribution < -0.4 is 5.32 Å². The van der Waals surface area contributed by atoms with E-state index < -0.39 is 0 Å². The molecule has 2 rings (SSSR count). The van der Waals surface area contributed by atoms with E-state index >= 15 is 0 Å². The molecule has 1 aliphatic heterocycles. The maximum Gasteiger partial charge on any atom is 0.0475 e. The van der Waals surface area contributed by atoms with Gasteiger partial charge in [0.15, 0.2) is 0 Å². The Morgan fingerprint density at radius 1 is 1.23 bits per heavy atom. The van der Waals surface area contributed by atoms with Crippen LogP contribution in [0.1, 0.15) is 38.3 Å². The molecule has 0 spiro atoms. The van der Waals surface area contributed by atoms with Crippen LogP contribution in [-0.2, 0) is 6.42 Å². The van der Waals surface area contributed by atoms with Crippen LogP contribution in [0.3, 0.4) is 0 Å². The van der Waals surface area contributed by atoms with Gasteiger partial charge in [0.05, 0.1) is 0 Å². The first-order valence-electron chi connectivity index (χ1n) is 8.74. The average Bonchev–Trinajstić information content (AvgIpc) is 2.81. The molecule has 0 aromatic carbocycles. The minimum atomic E-state index is 0.208. The van der Waals surface area contributed by atoms with E-state index in [4.69, 9.17) is 0 Å². The van der Waals surface area contributed by atoms with E-state index in [1.165, 1.54) is 38.8 Å². The third-order valence-electron chi connectivity index (χ3n) is 4.47. The predicted molar refractivity (Wildman–Crippen MR) is 90.9 cm³/mol. The van der Waals surface area contributed by atoms with Gasteiger partial charge in [-0.05, 0) is 57.3 Å². The van der Waals surface area contributed by atoms with E-state index in [1.54, 1.807) is 0 Å². The van der Waals surface area contributed by atoms with Gasteiger partial charge in [-0.3, -0.25) is 4.98 Å². The van der Waals surface area contributed by atoms with Gasteiger partial charge in [0.2, 0.25) is 0 Å². The topological polar surface area (TPSA) is 48.4 Å². The van der Waals surface area contributed by atoms with E-state index in [1.807, 2.05) is 24.4 Å². The van der Waals surface area contributed by atoms with Crippen LogP contribution in [-0.4, -0.2) is 53.8 Å². The van der Waals surface area contributed by atoms with E-state index in [0.717, 1.165) is 25.2 Å². The molecule has 1 aliphatic rings. The third kappa shape index (κ3) is 6.42. The molecular weight excluding hydrogens is 274 g/mol. The maximum absolute atomic E-state index is 9.58. The van der Waals surface area contributed by atoms with Crippen molar-refractivity contribution in [1.82, 2.24) is 15.2 Å². The highest BCUT2D eigenvalue weighted by Crippen LogP contribution is 2.10. The van der Waals surface area contributed by atoms with Crippen LogP contribution >= 0.6 is 0 Å². The Morgan fingerprint density at radius 2 is 2.00 bits per heavy atom. The molecule has 2 heterocycles. The summed E-state index contributed by atoms with van der Waals surface area (Å²) in [6.45, 7) is 6.90. The summed E-state index contributed by atoms with van der Waals surface area (Å²) in [5, 5.41) is 13.2. The normalized spacial score (nSPS) is 19.5. The SMILES string of the molecule is C[C@H](CN1CCCCCC1)NC[C@H](CO)Cc1ccccn1. The number of hydrogen-bond donors (Lipinski definition) is 2. The lowest BCUT2D eigenvalue weighted by atomic mass is 10.0. The second-order valence-electron chi connectivity index (χ2n) is 6.60. The second-order valence-corrected chi connectivity index (χ2v) is 6.60. The van der Waals surface area contributed by atoms with Crippen molar-refractivity contribution in [3.05, 3.63) is 30.1 Å². The van der Waals surface area contributed by atoms with Crippen molar-refractivity contribution in [2.45, 2.75) is 45.1 Å². The first-order chi connectivity index (χ1) is 10.8. The average molecular weight is 305 g/mol. The molecule has 1 saturated heterocycles. The number of aliphatic hydroxyl groups is 1. The molecule has 4 heteroatoms. The molecule has 22 heavy (non-hydrogen) atoms. The fourth-order valence-corrected chi connectivity index (χ4v) is 3.15. The summed E-state index contributed by atoms with van der Waals surface area (Å²) in [6, 6.07) is 6.44. The maximum atomic E-state index is 9.58. The van der Waals surface area contributed by atoms with E-state index in [9.17, 15) is 5.11 Å². The smallest absolute Gasteiger partial charge is 0.0475 e. The van der Waals surface area contributed by atoms with Crippen molar-refractivity contribution in [2.75, 3.05) is 32.8 Å². The molecule has 1 aromatic heterocycles. The van der Waals surface area contributed by atoms with Gasteiger partial charge in [-0.1, -0.05) is 18.9 Å². The Morgan fingerprint density at radius 3 is 2.64 bits per heavy atom. The van der Waals surface area contributed by atoms with Gasteiger partial charge in [-0.25, -0.2) is 0 Å². The molecule has 0 radical (unpaired) electrons. The number of nitrogens with zero attached hydrogens (tertiary/aromatic N) is 2. The van der Waals surface area contributed by atoms with Gasteiger partial charge in [0.1, 0.15) is 0 Å². The lowest BCUT2D eigenvalue weighted by Crippen LogP contribution is -2.42. The van der Waals surface area contributed by atoms with E-state index in [-0.39, 0.29) is 12.5 Å². The Hall–Kier alpha value is -0.970. The van der Waals surface area contributed by atoms with Gasteiger partial charge < -0.3 is 15.3 Å². The molecule has 0 aliphatic carbocycles. The van der Waals surface area contributed by atoms with E-state index in [0.29, 0.717) is 6.04 Å². The molecular formula is C18H31N3O. The Bertz CT molecular complexity index is 391. The van der Waals surface area contributed by atoms with Crippen LogP contribution in [0.5, 0.6) is 0 Å². The molecule has 0 unspecified atom stereocenters. The van der Waals surface area contributed by atoms with Crippen LogP contribution in [0.2, 0.25) is 0 Å². The van der Waals surface area contributed by atoms with Crippen molar-refractivity contribution in [3.8, 4) is 0 Å². The molecule has 2 atom stereocenters. The monoisotopic (exact) mass is 305 g/mol. The number of aliphatic hydroxyl groups excluding tert-OH is 1. The van der Waals surface area contributed by atoms with Gasteiger partial charge in [-0.2, -0.15) is 0 Å². The van der Waals surface area contributed by atoms with Crippen molar-refractivity contribution < 1.29 is 5.11 Å². The van der Waals surface area contributed by atoms with Gasteiger partial charge in [-0.15, -0.1) is 0 Å². The zero-order valence-electron chi connectivity index (χ0n) is 13.9. The molecule has 0 amide bonds. The number of likely N-dealkylation sites (tertiary alicyclic amines) is 1. The summed E-state index contributed by atoms with van der Waals surface area (Å²) in [5.74, 6) is 0.237. The summed E-state index contributed by atoms with van der Waals surface area (Å²) in [6.07, 6.45) is 8.10. The number of pyridine rings is 1. The quantitative estimate of drug-likeness (QED) is 0.772. The Labute approximate surface area is 134 Å². The van der Waals surface area contributed by atoms with Crippen LogP contribution in [0, 0.1) is 5.92 Å². The summed E-state index contributed by atoms with van der Waals surface area (Å²) in [5.41, 5.74) is 1.06. The number of rotatable bonds is 8. The highest BCUT2D eigenvalue weighted by atomic mass is 16.3. The second kappa shape index (κ2) is 9.93. The van der Waals surface area contributed by atoms with Crippen LogP contribution in [0.4, 0.5) is 0 Å². The third-order valence-corrected chi connectivity index (χ3v) is 4.47. The molecule has 1 fully saturated rings. The number of hydrogen-bond acceptors (Lipinski definition) is 4. The fourth-order valence-electron chi connectivity index (χ4n) is 3.15. The Balaban J connectivity index is 1.70.